The molecule has 0 saturated heterocycles. The molecule has 0 aliphatic carbocycles. The largest absolute Gasteiger partial charge is 0.339 e. The highest BCUT2D eigenvalue weighted by Gasteiger charge is 2.12. The van der Waals surface area contributed by atoms with Crippen molar-refractivity contribution in [3.8, 4) is 11.4 Å². The Bertz CT molecular complexity index is 612. The molecule has 0 radical (unpaired) electrons. The van der Waals surface area contributed by atoms with Crippen LogP contribution < -0.4 is 0 Å². The SMILES string of the molecule is Cc1nc(-c2cnn3cccnc23)no1. The van der Waals surface area contributed by atoms with E-state index in [1.54, 1.807) is 23.8 Å². The van der Waals surface area contributed by atoms with Crippen LogP contribution in [0.5, 0.6) is 0 Å². The molecule has 0 atom stereocenters. The molecule has 15 heavy (non-hydrogen) atoms. The summed E-state index contributed by atoms with van der Waals surface area (Å²) in [7, 11) is 0. The summed E-state index contributed by atoms with van der Waals surface area (Å²) in [6.07, 6.45) is 5.19. The Morgan fingerprint density at radius 3 is 3.13 bits per heavy atom. The summed E-state index contributed by atoms with van der Waals surface area (Å²) >= 11 is 0. The lowest BCUT2D eigenvalue weighted by molar-refractivity contribution is 0.394. The van der Waals surface area contributed by atoms with Crippen LogP contribution in [0.4, 0.5) is 0 Å². The van der Waals surface area contributed by atoms with Crippen LogP contribution in [0.15, 0.2) is 29.2 Å². The number of hydrogen-bond donors (Lipinski definition) is 0. The number of aryl methyl sites for hydroxylation is 1. The lowest BCUT2D eigenvalue weighted by Gasteiger charge is -1.90. The van der Waals surface area contributed by atoms with Gasteiger partial charge in [-0.3, -0.25) is 0 Å². The van der Waals surface area contributed by atoms with E-state index in [9.17, 15) is 0 Å². The van der Waals surface area contributed by atoms with Crippen LogP contribution in [0.2, 0.25) is 0 Å². The maximum absolute atomic E-state index is 4.91. The zero-order valence-electron chi connectivity index (χ0n) is 7.95. The Hall–Kier alpha value is -2.24. The van der Waals surface area contributed by atoms with Gasteiger partial charge in [-0.1, -0.05) is 5.16 Å². The summed E-state index contributed by atoms with van der Waals surface area (Å²) in [6.45, 7) is 1.75. The molecule has 3 aromatic rings. The molecule has 6 heteroatoms. The van der Waals surface area contributed by atoms with E-state index in [2.05, 4.69) is 20.2 Å². The minimum atomic E-state index is 0.515. The molecule has 3 heterocycles. The molecule has 74 valence electrons. The first-order chi connectivity index (χ1) is 7.34. The van der Waals surface area contributed by atoms with E-state index >= 15 is 0 Å². The lowest BCUT2D eigenvalue weighted by Crippen LogP contribution is -1.88. The highest BCUT2D eigenvalue weighted by Crippen LogP contribution is 2.19. The first-order valence-electron chi connectivity index (χ1n) is 4.43. The molecule has 0 fully saturated rings. The van der Waals surface area contributed by atoms with Crippen molar-refractivity contribution in [2.45, 2.75) is 6.92 Å². The van der Waals surface area contributed by atoms with E-state index in [1.807, 2.05) is 12.3 Å². The van der Waals surface area contributed by atoms with Gasteiger partial charge in [0.2, 0.25) is 11.7 Å². The average molecular weight is 201 g/mol. The smallest absolute Gasteiger partial charge is 0.223 e. The maximum Gasteiger partial charge on any atom is 0.223 e. The van der Waals surface area contributed by atoms with E-state index in [4.69, 9.17) is 4.52 Å². The lowest BCUT2D eigenvalue weighted by atomic mass is 10.3. The molecule has 0 aromatic carbocycles. The third-order valence-corrected chi connectivity index (χ3v) is 2.05. The van der Waals surface area contributed by atoms with E-state index in [-0.39, 0.29) is 0 Å². The first kappa shape index (κ1) is 8.10. The van der Waals surface area contributed by atoms with E-state index in [1.165, 1.54) is 0 Å². The van der Waals surface area contributed by atoms with Crippen molar-refractivity contribution >= 4 is 5.65 Å². The maximum atomic E-state index is 4.91. The van der Waals surface area contributed by atoms with Gasteiger partial charge in [0, 0.05) is 19.3 Å². The summed E-state index contributed by atoms with van der Waals surface area (Å²) in [5.41, 5.74) is 1.49. The first-order valence-corrected chi connectivity index (χ1v) is 4.43. The minimum Gasteiger partial charge on any atom is -0.339 e. The van der Waals surface area contributed by atoms with Gasteiger partial charge in [-0.2, -0.15) is 10.1 Å². The highest BCUT2D eigenvalue weighted by atomic mass is 16.5. The molecule has 0 aliphatic heterocycles. The Morgan fingerprint density at radius 2 is 2.33 bits per heavy atom. The van der Waals surface area contributed by atoms with E-state index in [0.29, 0.717) is 11.7 Å². The normalized spacial score (nSPS) is 11.0. The Kier molecular flexibility index (Phi) is 1.55. The van der Waals surface area contributed by atoms with Gasteiger partial charge in [0.25, 0.3) is 0 Å². The van der Waals surface area contributed by atoms with Crippen molar-refractivity contribution in [2.75, 3.05) is 0 Å². The zero-order chi connectivity index (χ0) is 10.3. The molecule has 0 saturated carbocycles. The number of hydrogen-bond acceptors (Lipinski definition) is 5. The number of nitrogens with zero attached hydrogens (tertiary/aromatic N) is 5. The van der Waals surface area contributed by atoms with Crippen LogP contribution in [0, 0.1) is 6.92 Å². The van der Waals surface area contributed by atoms with Crippen molar-refractivity contribution in [3.05, 3.63) is 30.5 Å². The van der Waals surface area contributed by atoms with Gasteiger partial charge >= 0.3 is 0 Å². The average Bonchev–Trinajstić information content (AvgIpc) is 2.83. The summed E-state index contributed by atoms with van der Waals surface area (Å²) in [5.74, 6) is 1.04. The second-order valence-electron chi connectivity index (χ2n) is 3.08. The van der Waals surface area contributed by atoms with Gasteiger partial charge in [-0.15, -0.1) is 0 Å². The second kappa shape index (κ2) is 2.88. The fourth-order valence-electron chi connectivity index (χ4n) is 1.39. The molecule has 0 amide bonds. The van der Waals surface area contributed by atoms with Gasteiger partial charge in [0.15, 0.2) is 5.65 Å². The quantitative estimate of drug-likeness (QED) is 0.589. The van der Waals surface area contributed by atoms with Crippen molar-refractivity contribution < 1.29 is 4.52 Å². The Morgan fingerprint density at radius 1 is 1.40 bits per heavy atom. The van der Waals surface area contributed by atoms with Crippen molar-refractivity contribution in [1.29, 1.82) is 0 Å². The molecular weight excluding hydrogens is 194 g/mol. The summed E-state index contributed by atoms with van der Waals surface area (Å²) in [4.78, 5) is 8.34. The molecule has 0 bridgehead atoms. The summed E-state index contributed by atoms with van der Waals surface area (Å²) in [5, 5.41) is 7.97. The van der Waals surface area contributed by atoms with E-state index in [0.717, 1.165) is 11.2 Å². The van der Waals surface area contributed by atoms with Crippen LogP contribution in [-0.2, 0) is 0 Å². The van der Waals surface area contributed by atoms with Crippen molar-refractivity contribution in [2.24, 2.45) is 0 Å². The van der Waals surface area contributed by atoms with Gasteiger partial charge in [0.05, 0.1) is 11.8 Å². The summed E-state index contributed by atoms with van der Waals surface area (Å²) in [6, 6.07) is 1.81. The van der Waals surface area contributed by atoms with Crippen LogP contribution in [0.1, 0.15) is 5.89 Å². The van der Waals surface area contributed by atoms with Crippen molar-refractivity contribution in [3.63, 3.8) is 0 Å². The number of rotatable bonds is 1. The molecular formula is C9H7N5O. The third-order valence-electron chi connectivity index (χ3n) is 2.05. The van der Waals surface area contributed by atoms with Gasteiger partial charge < -0.3 is 4.52 Å². The molecule has 3 aromatic heterocycles. The van der Waals surface area contributed by atoms with Crippen LogP contribution in [0.3, 0.4) is 0 Å². The zero-order valence-corrected chi connectivity index (χ0v) is 7.95. The Balaban J connectivity index is 2.27. The summed E-state index contributed by atoms with van der Waals surface area (Å²) < 4.78 is 6.58. The third kappa shape index (κ3) is 1.18. The minimum absolute atomic E-state index is 0.515. The topological polar surface area (TPSA) is 69.1 Å². The van der Waals surface area contributed by atoms with Crippen LogP contribution in [-0.4, -0.2) is 24.7 Å². The predicted octanol–water partition coefficient (Wildman–Crippen LogP) is 1.09. The fraction of sp³-hybridized carbons (Fsp3) is 0.111. The van der Waals surface area contributed by atoms with Crippen LogP contribution in [0.25, 0.3) is 17.0 Å². The molecule has 0 unspecified atom stereocenters. The van der Waals surface area contributed by atoms with Crippen molar-refractivity contribution in [1.82, 2.24) is 24.7 Å². The van der Waals surface area contributed by atoms with Crippen LogP contribution >= 0.6 is 0 Å². The molecule has 6 nitrogen and oxygen atoms in total. The van der Waals surface area contributed by atoms with Gasteiger partial charge in [-0.05, 0) is 6.07 Å². The second-order valence-corrected chi connectivity index (χ2v) is 3.08. The molecule has 0 N–H and O–H groups in total. The molecule has 0 spiro atoms. The monoisotopic (exact) mass is 201 g/mol. The molecule has 3 rings (SSSR count). The Labute approximate surface area is 84.6 Å². The standard InChI is InChI=1S/C9H7N5O/c1-6-12-8(13-15-6)7-5-11-14-4-2-3-10-9(7)14/h2-5H,1H3. The highest BCUT2D eigenvalue weighted by molar-refractivity contribution is 5.71. The van der Waals surface area contributed by atoms with E-state index < -0.39 is 0 Å². The number of fused-ring (bicyclic) bond motifs is 1. The fourth-order valence-corrected chi connectivity index (χ4v) is 1.39. The van der Waals surface area contributed by atoms with Gasteiger partial charge in [0.1, 0.15) is 0 Å². The number of aromatic nitrogens is 5. The van der Waals surface area contributed by atoms with Gasteiger partial charge in [-0.25, -0.2) is 9.50 Å². The predicted molar refractivity (Wildman–Crippen MR) is 51.0 cm³/mol. The molecule has 0 aliphatic rings.